The van der Waals surface area contributed by atoms with Crippen molar-refractivity contribution in [1.29, 1.82) is 0 Å². The van der Waals surface area contributed by atoms with Crippen LogP contribution in [0.1, 0.15) is 24.2 Å². The molecular formula is C10H11Br2NO2S. The molecule has 0 saturated heterocycles. The van der Waals surface area contributed by atoms with Crippen LogP contribution in [0.25, 0.3) is 0 Å². The first-order valence-corrected chi connectivity index (χ1v) is 7.07. The fraction of sp³-hybridized carbons (Fsp3) is 0.400. The van der Waals surface area contributed by atoms with E-state index in [0.717, 1.165) is 7.57 Å². The lowest BCUT2D eigenvalue weighted by molar-refractivity contribution is -0.120. The van der Waals surface area contributed by atoms with E-state index in [4.69, 9.17) is 0 Å². The lowest BCUT2D eigenvalue weighted by Gasteiger charge is -2.05. The molecule has 0 saturated carbocycles. The molecule has 0 radical (unpaired) electrons. The van der Waals surface area contributed by atoms with Crippen LogP contribution in [0.4, 0.5) is 0 Å². The van der Waals surface area contributed by atoms with Crippen LogP contribution in [0.3, 0.4) is 0 Å². The van der Waals surface area contributed by atoms with Crippen LogP contribution in [0.5, 0.6) is 0 Å². The Morgan fingerprint density at radius 1 is 1.44 bits per heavy atom. The lowest BCUT2D eigenvalue weighted by Crippen LogP contribution is -2.31. The van der Waals surface area contributed by atoms with Crippen molar-refractivity contribution in [2.45, 2.75) is 13.8 Å². The molecule has 0 fully saturated rings. The van der Waals surface area contributed by atoms with Gasteiger partial charge in [-0.15, -0.1) is 11.3 Å². The number of rotatable bonds is 4. The lowest BCUT2D eigenvalue weighted by atomic mass is 10.1. The van der Waals surface area contributed by atoms with Gasteiger partial charge in [-0.25, -0.2) is 0 Å². The van der Waals surface area contributed by atoms with Gasteiger partial charge < -0.3 is 5.32 Å². The first-order valence-electron chi connectivity index (χ1n) is 4.67. The number of amides is 1. The highest BCUT2D eigenvalue weighted by Crippen LogP contribution is 2.31. The molecule has 88 valence electrons. The fourth-order valence-electron chi connectivity index (χ4n) is 0.962. The molecule has 0 bridgehead atoms. The molecule has 1 N–H and O–H groups in total. The number of carbonyl (C=O) groups excluding carboxylic acids is 2. The van der Waals surface area contributed by atoms with Gasteiger partial charge in [-0.1, -0.05) is 13.8 Å². The molecule has 0 spiro atoms. The van der Waals surface area contributed by atoms with Crippen molar-refractivity contribution in [1.82, 2.24) is 5.32 Å². The van der Waals surface area contributed by atoms with Crippen molar-refractivity contribution in [3.8, 4) is 0 Å². The van der Waals surface area contributed by atoms with Crippen LogP contribution in [0.15, 0.2) is 13.6 Å². The zero-order valence-electron chi connectivity index (χ0n) is 8.84. The van der Waals surface area contributed by atoms with Crippen LogP contribution in [-0.4, -0.2) is 18.2 Å². The predicted molar refractivity (Wildman–Crippen MR) is 71.9 cm³/mol. The summed E-state index contributed by atoms with van der Waals surface area (Å²) in [5, 5.41) is 2.60. The Hall–Kier alpha value is -0.200. The molecule has 1 aromatic rings. The third kappa shape index (κ3) is 3.68. The highest BCUT2D eigenvalue weighted by molar-refractivity contribution is 9.12. The van der Waals surface area contributed by atoms with Gasteiger partial charge in [0, 0.05) is 5.92 Å². The predicted octanol–water partition coefficient (Wildman–Crippen LogP) is 3.23. The maximum atomic E-state index is 11.7. The standard InChI is InChI=1S/C10H11Br2NO2S/c1-5(2)7(14)4-13-10(15)6-3-8(11)16-9(6)12/h3,5H,4H2,1-2H3,(H,13,15). The molecule has 1 heterocycles. The molecule has 16 heavy (non-hydrogen) atoms. The topological polar surface area (TPSA) is 46.2 Å². The third-order valence-corrected chi connectivity index (χ3v) is 4.31. The van der Waals surface area contributed by atoms with Crippen LogP contribution in [-0.2, 0) is 4.79 Å². The smallest absolute Gasteiger partial charge is 0.253 e. The molecule has 0 aromatic carbocycles. The van der Waals surface area contributed by atoms with Crippen molar-refractivity contribution >= 4 is 54.9 Å². The largest absolute Gasteiger partial charge is 0.345 e. The van der Waals surface area contributed by atoms with E-state index in [1.54, 1.807) is 6.07 Å². The van der Waals surface area contributed by atoms with Gasteiger partial charge >= 0.3 is 0 Å². The van der Waals surface area contributed by atoms with E-state index in [9.17, 15) is 9.59 Å². The fourth-order valence-corrected chi connectivity index (χ4v) is 3.76. The first kappa shape index (κ1) is 13.9. The number of ketones is 1. The van der Waals surface area contributed by atoms with E-state index in [-0.39, 0.29) is 24.2 Å². The number of thiophene rings is 1. The zero-order chi connectivity index (χ0) is 12.3. The van der Waals surface area contributed by atoms with Gasteiger partial charge in [0.1, 0.15) is 0 Å². The second kappa shape index (κ2) is 5.93. The molecule has 1 amide bonds. The Balaban J connectivity index is 2.60. The Bertz CT molecular complexity index is 415. The second-order valence-corrected chi connectivity index (χ2v) is 7.29. The summed E-state index contributed by atoms with van der Waals surface area (Å²) in [4.78, 5) is 23.0. The molecule has 1 aromatic heterocycles. The van der Waals surface area contributed by atoms with Gasteiger partial charge in [0.15, 0.2) is 5.78 Å². The molecule has 0 aliphatic rings. The van der Waals surface area contributed by atoms with Gasteiger partial charge in [0.25, 0.3) is 5.91 Å². The number of nitrogens with one attached hydrogen (secondary N) is 1. The van der Waals surface area contributed by atoms with E-state index in [0.29, 0.717) is 5.56 Å². The summed E-state index contributed by atoms with van der Waals surface area (Å²) >= 11 is 8.02. The Morgan fingerprint density at radius 2 is 2.06 bits per heavy atom. The highest BCUT2D eigenvalue weighted by atomic mass is 79.9. The summed E-state index contributed by atoms with van der Waals surface area (Å²) in [5.74, 6) is -0.264. The monoisotopic (exact) mass is 367 g/mol. The minimum absolute atomic E-state index is 0.0266. The minimum Gasteiger partial charge on any atom is -0.345 e. The molecule has 0 atom stereocenters. The van der Waals surface area contributed by atoms with E-state index in [2.05, 4.69) is 37.2 Å². The van der Waals surface area contributed by atoms with Gasteiger partial charge in [0.2, 0.25) is 0 Å². The average molecular weight is 369 g/mol. The molecule has 1 rings (SSSR count). The third-order valence-electron chi connectivity index (χ3n) is 1.97. The number of carbonyl (C=O) groups is 2. The molecule has 0 aliphatic carbocycles. The normalized spacial score (nSPS) is 10.6. The van der Waals surface area contributed by atoms with E-state index < -0.39 is 0 Å². The zero-order valence-corrected chi connectivity index (χ0v) is 12.8. The summed E-state index contributed by atoms with van der Waals surface area (Å²) in [7, 11) is 0. The maximum Gasteiger partial charge on any atom is 0.253 e. The Labute approximate surface area is 115 Å². The van der Waals surface area contributed by atoms with Crippen LogP contribution < -0.4 is 5.32 Å². The average Bonchev–Trinajstić information content (AvgIpc) is 2.53. The van der Waals surface area contributed by atoms with Crippen molar-refractivity contribution in [2.75, 3.05) is 6.54 Å². The van der Waals surface area contributed by atoms with Crippen molar-refractivity contribution in [2.24, 2.45) is 5.92 Å². The van der Waals surface area contributed by atoms with E-state index in [1.165, 1.54) is 11.3 Å². The molecular weight excluding hydrogens is 358 g/mol. The van der Waals surface area contributed by atoms with Crippen LogP contribution in [0, 0.1) is 5.92 Å². The van der Waals surface area contributed by atoms with Crippen LogP contribution >= 0.6 is 43.2 Å². The minimum atomic E-state index is -0.233. The summed E-state index contributed by atoms with van der Waals surface area (Å²) in [6.45, 7) is 3.70. The van der Waals surface area contributed by atoms with Crippen molar-refractivity contribution in [3.63, 3.8) is 0 Å². The van der Waals surface area contributed by atoms with Gasteiger partial charge in [0.05, 0.1) is 19.7 Å². The Morgan fingerprint density at radius 3 is 2.50 bits per heavy atom. The van der Waals surface area contributed by atoms with Gasteiger partial charge in [-0.05, 0) is 37.9 Å². The van der Waals surface area contributed by atoms with E-state index >= 15 is 0 Å². The van der Waals surface area contributed by atoms with Gasteiger partial charge in [-0.2, -0.15) is 0 Å². The summed E-state index contributed by atoms with van der Waals surface area (Å²) in [6, 6.07) is 1.73. The summed E-state index contributed by atoms with van der Waals surface area (Å²) in [6.07, 6.45) is 0. The molecule has 3 nitrogen and oxygen atoms in total. The van der Waals surface area contributed by atoms with Gasteiger partial charge in [-0.3, -0.25) is 9.59 Å². The van der Waals surface area contributed by atoms with Crippen molar-refractivity contribution < 1.29 is 9.59 Å². The quantitative estimate of drug-likeness (QED) is 0.886. The Kier molecular flexibility index (Phi) is 5.14. The van der Waals surface area contributed by atoms with Crippen LogP contribution in [0.2, 0.25) is 0 Å². The summed E-state index contributed by atoms with van der Waals surface area (Å²) in [5.41, 5.74) is 0.549. The first-order chi connectivity index (χ1) is 7.41. The maximum absolute atomic E-state index is 11.7. The van der Waals surface area contributed by atoms with E-state index in [1.807, 2.05) is 13.8 Å². The summed E-state index contributed by atoms with van der Waals surface area (Å²) < 4.78 is 1.63. The number of halogens is 2. The molecule has 6 heteroatoms. The number of hydrogen-bond acceptors (Lipinski definition) is 3. The number of Topliss-reactive ketones (excluding diaryl/α,β-unsaturated/α-hetero) is 1. The SMILES string of the molecule is CC(C)C(=O)CNC(=O)c1cc(Br)sc1Br. The molecule has 0 unspecified atom stereocenters. The van der Waals surface area contributed by atoms with Crippen molar-refractivity contribution in [3.05, 3.63) is 19.2 Å². The highest BCUT2D eigenvalue weighted by Gasteiger charge is 2.15. The molecule has 0 aliphatic heterocycles. The second-order valence-electron chi connectivity index (χ2n) is 3.54. The number of hydrogen-bond donors (Lipinski definition) is 1.